The zero-order valence-electron chi connectivity index (χ0n) is 10.6. The highest BCUT2D eigenvalue weighted by atomic mass is 79.9. The van der Waals surface area contributed by atoms with Crippen LogP contribution in [0.1, 0.15) is 25.7 Å². The van der Waals surface area contributed by atoms with Crippen molar-refractivity contribution in [1.29, 1.82) is 0 Å². The summed E-state index contributed by atoms with van der Waals surface area (Å²) >= 11 is 7.18. The van der Waals surface area contributed by atoms with Crippen LogP contribution in [0.15, 0.2) is 0 Å². The summed E-state index contributed by atoms with van der Waals surface area (Å²) in [6.45, 7) is 1.20. The quantitative estimate of drug-likeness (QED) is 0.532. The molecule has 2 amide bonds. The van der Waals surface area contributed by atoms with Gasteiger partial charge in [-0.1, -0.05) is 31.9 Å². The molecule has 2 saturated heterocycles. The van der Waals surface area contributed by atoms with Crippen LogP contribution in [0.25, 0.3) is 0 Å². The van der Waals surface area contributed by atoms with E-state index in [9.17, 15) is 9.59 Å². The SMILES string of the molecule is O=C1[C@H]2C[C@@H](Br)[C@@H](Br)C[C@@H]2C(=O)N1C[C@@H]1CCCO1. The van der Waals surface area contributed by atoms with E-state index in [1.54, 1.807) is 0 Å². The summed E-state index contributed by atoms with van der Waals surface area (Å²) in [6.07, 6.45) is 3.52. The number of carbonyl (C=O) groups excluding carboxylic acids is 2. The topological polar surface area (TPSA) is 46.6 Å². The normalized spacial score (nSPS) is 42.8. The van der Waals surface area contributed by atoms with Crippen LogP contribution in [0.5, 0.6) is 0 Å². The van der Waals surface area contributed by atoms with Gasteiger partial charge in [-0.05, 0) is 25.7 Å². The van der Waals surface area contributed by atoms with Gasteiger partial charge in [-0.25, -0.2) is 0 Å². The summed E-state index contributed by atoms with van der Waals surface area (Å²) in [5.41, 5.74) is 0. The second-order valence-corrected chi connectivity index (χ2v) is 7.99. The van der Waals surface area contributed by atoms with Gasteiger partial charge < -0.3 is 4.74 Å². The zero-order chi connectivity index (χ0) is 13.6. The number of ether oxygens (including phenoxy) is 1. The van der Waals surface area contributed by atoms with E-state index in [4.69, 9.17) is 4.74 Å². The van der Waals surface area contributed by atoms with Crippen molar-refractivity contribution in [1.82, 2.24) is 4.90 Å². The Bertz CT molecular complexity index is 369. The van der Waals surface area contributed by atoms with Gasteiger partial charge in [0.15, 0.2) is 0 Å². The van der Waals surface area contributed by atoms with Gasteiger partial charge in [-0.2, -0.15) is 0 Å². The molecule has 3 rings (SSSR count). The molecule has 0 aromatic rings. The maximum Gasteiger partial charge on any atom is 0.233 e. The summed E-state index contributed by atoms with van der Waals surface area (Å²) < 4.78 is 5.54. The van der Waals surface area contributed by atoms with Crippen molar-refractivity contribution in [3.63, 3.8) is 0 Å². The van der Waals surface area contributed by atoms with Crippen LogP contribution in [-0.4, -0.2) is 45.6 Å². The number of alkyl halides is 2. The number of nitrogens with zero attached hydrogens (tertiary/aromatic N) is 1. The minimum atomic E-state index is -0.132. The Morgan fingerprint density at radius 2 is 1.68 bits per heavy atom. The van der Waals surface area contributed by atoms with Crippen LogP contribution in [0.4, 0.5) is 0 Å². The largest absolute Gasteiger partial charge is 0.376 e. The van der Waals surface area contributed by atoms with Gasteiger partial charge in [0.05, 0.1) is 24.5 Å². The fourth-order valence-corrected chi connectivity index (χ4v) is 4.57. The molecule has 0 unspecified atom stereocenters. The standard InChI is InChI=1S/C13H17Br2NO3/c14-10-4-8-9(5-11(10)15)13(18)16(12(8)17)6-7-2-1-3-19-7/h7-11H,1-6H2/t7-,8-,9-,10-,11+/m0/s1. The van der Waals surface area contributed by atoms with Crippen LogP contribution in [-0.2, 0) is 14.3 Å². The van der Waals surface area contributed by atoms with Crippen molar-refractivity contribution in [2.75, 3.05) is 13.2 Å². The molecule has 19 heavy (non-hydrogen) atoms. The smallest absolute Gasteiger partial charge is 0.233 e. The fraction of sp³-hybridized carbons (Fsp3) is 0.846. The number of fused-ring (bicyclic) bond motifs is 1. The lowest BCUT2D eigenvalue weighted by Gasteiger charge is -2.29. The molecule has 1 saturated carbocycles. The van der Waals surface area contributed by atoms with E-state index < -0.39 is 0 Å². The zero-order valence-corrected chi connectivity index (χ0v) is 13.7. The molecule has 0 aromatic heterocycles. The number of hydrogen-bond acceptors (Lipinski definition) is 3. The average molecular weight is 395 g/mol. The first-order valence-corrected chi connectivity index (χ1v) is 8.66. The van der Waals surface area contributed by atoms with E-state index in [1.807, 2.05) is 0 Å². The van der Waals surface area contributed by atoms with Gasteiger partial charge in [-0.3, -0.25) is 14.5 Å². The Morgan fingerprint density at radius 1 is 1.11 bits per heavy atom. The van der Waals surface area contributed by atoms with Crippen LogP contribution in [0.3, 0.4) is 0 Å². The van der Waals surface area contributed by atoms with Crippen molar-refractivity contribution in [2.45, 2.75) is 41.4 Å². The number of halogens is 2. The first-order chi connectivity index (χ1) is 9.08. The molecule has 5 atom stereocenters. The lowest BCUT2D eigenvalue weighted by Crippen LogP contribution is -2.37. The molecule has 2 heterocycles. The second-order valence-electron chi connectivity index (χ2n) is 5.64. The van der Waals surface area contributed by atoms with Crippen LogP contribution in [0.2, 0.25) is 0 Å². The first-order valence-electron chi connectivity index (χ1n) is 6.83. The summed E-state index contributed by atoms with van der Waals surface area (Å²) in [5, 5.41) is 0. The number of imide groups is 1. The Kier molecular flexibility index (Phi) is 4.02. The number of hydrogen-bond donors (Lipinski definition) is 0. The summed E-state index contributed by atoms with van der Waals surface area (Å²) in [7, 11) is 0. The highest BCUT2D eigenvalue weighted by Crippen LogP contribution is 2.43. The van der Waals surface area contributed by atoms with E-state index in [0.717, 1.165) is 32.3 Å². The highest BCUT2D eigenvalue weighted by molar-refractivity contribution is 9.12. The van der Waals surface area contributed by atoms with Gasteiger partial charge in [0.25, 0.3) is 0 Å². The molecule has 0 N–H and O–H groups in total. The molecule has 0 bridgehead atoms. The number of rotatable bonds is 2. The van der Waals surface area contributed by atoms with Gasteiger partial charge in [-0.15, -0.1) is 0 Å². The molecule has 3 aliphatic rings. The summed E-state index contributed by atoms with van der Waals surface area (Å²) in [6, 6.07) is 0. The van der Waals surface area contributed by atoms with Crippen molar-refractivity contribution in [3.8, 4) is 0 Å². The molecular formula is C13H17Br2NO3. The van der Waals surface area contributed by atoms with E-state index in [2.05, 4.69) is 31.9 Å². The lowest BCUT2D eigenvalue weighted by atomic mass is 9.81. The maximum atomic E-state index is 12.4. The van der Waals surface area contributed by atoms with Gasteiger partial charge in [0.1, 0.15) is 0 Å². The maximum absolute atomic E-state index is 12.4. The minimum absolute atomic E-state index is 0.00866. The molecule has 4 nitrogen and oxygen atoms in total. The monoisotopic (exact) mass is 393 g/mol. The third kappa shape index (κ3) is 2.51. The third-order valence-corrected chi connectivity index (χ3v) is 7.15. The fourth-order valence-electron chi connectivity index (χ4n) is 3.34. The van der Waals surface area contributed by atoms with Crippen molar-refractivity contribution in [3.05, 3.63) is 0 Å². The van der Waals surface area contributed by atoms with Gasteiger partial charge in [0, 0.05) is 16.3 Å². The van der Waals surface area contributed by atoms with Crippen LogP contribution < -0.4 is 0 Å². The van der Waals surface area contributed by atoms with E-state index in [-0.39, 0.29) is 39.4 Å². The Labute approximate surface area is 129 Å². The molecule has 0 spiro atoms. The average Bonchev–Trinajstić information content (AvgIpc) is 2.96. The molecular weight excluding hydrogens is 378 g/mol. The number of amides is 2. The van der Waals surface area contributed by atoms with E-state index in [0.29, 0.717) is 6.54 Å². The van der Waals surface area contributed by atoms with Crippen molar-refractivity contribution in [2.24, 2.45) is 11.8 Å². The van der Waals surface area contributed by atoms with Crippen molar-refractivity contribution >= 4 is 43.7 Å². The summed E-state index contributed by atoms with van der Waals surface area (Å²) in [4.78, 5) is 26.8. The molecule has 3 fully saturated rings. The molecule has 1 aliphatic carbocycles. The van der Waals surface area contributed by atoms with Crippen LogP contribution >= 0.6 is 31.9 Å². The van der Waals surface area contributed by atoms with Crippen molar-refractivity contribution < 1.29 is 14.3 Å². The molecule has 0 aromatic carbocycles. The molecule has 2 aliphatic heterocycles. The summed E-state index contributed by atoms with van der Waals surface area (Å²) in [5.74, 6) is -0.247. The predicted octanol–water partition coefficient (Wildman–Crippen LogP) is 2.09. The minimum Gasteiger partial charge on any atom is -0.376 e. The second kappa shape index (κ2) is 5.45. The number of carbonyl (C=O) groups is 2. The van der Waals surface area contributed by atoms with Crippen LogP contribution in [0, 0.1) is 11.8 Å². The Balaban J connectivity index is 1.73. The third-order valence-electron chi connectivity index (χ3n) is 4.41. The van der Waals surface area contributed by atoms with E-state index in [1.165, 1.54) is 4.90 Å². The Hall–Kier alpha value is 0.0600. The first kappa shape index (κ1) is 14.0. The highest BCUT2D eigenvalue weighted by Gasteiger charge is 2.52. The molecule has 6 heteroatoms. The Morgan fingerprint density at radius 3 is 2.16 bits per heavy atom. The number of likely N-dealkylation sites (tertiary alicyclic amines) is 1. The van der Waals surface area contributed by atoms with Gasteiger partial charge in [0.2, 0.25) is 11.8 Å². The van der Waals surface area contributed by atoms with E-state index >= 15 is 0 Å². The molecule has 0 radical (unpaired) electrons. The van der Waals surface area contributed by atoms with Gasteiger partial charge >= 0.3 is 0 Å². The molecule has 106 valence electrons. The lowest BCUT2D eigenvalue weighted by molar-refractivity contribution is -0.141. The predicted molar refractivity (Wildman–Crippen MR) is 77.3 cm³/mol.